The highest BCUT2D eigenvalue weighted by Gasteiger charge is 2.21. The average molecular weight is 334 g/mol. The van der Waals surface area contributed by atoms with Gasteiger partial charge in [-0.3, -0.25) is 4.99 Å². The van der Waals surface area contributed by atoms with Crippen LogP contribution in [0.5, 0.6) is 0 Å². The molecule has 24 heavy (non-hydrogen) atoms. The van der Waals surface area contributed by atoms with E-state index in [0.29, 0.717) is 24.1 Å². The van der Waals surface area contributed by atoms with Crippen molar-refractivity contribution in [3.63, 3.8) is 0 Å². The standard InChI is InChI=1S/C19H31FN4/c1-14(2)24-9-5-6-17(13-24)12-23-19(21-4)22-11-16-8-7-15(3)18(20)10-16/h7-8,10,14,17H,5-6,9,11-13H2,1-4H3,(H2,21,22,23). The molecule has 0 aliphatic carbocycles. The summed E-state index contributed by atoms with van der Waals surface area (Å²) in [5, 5.41) is 6.68. The number of halogens is 1. The first-order chi connectivity index (χ1) is 11.5. The fourth-order valence-electron chi connectivity index (χ4n) is 3.13. The predicted octanol–water partition coefficient (Wildman–Crippen LogP) is 2.92. The molecule has 1 saturated heterocycles. The summed E-state index contributed by atoms with van der Waals surface area (Å²) in [6.07, 6.45) is 2.52. The number of hydrogen-bond donors (Lipinski definition) is 2. The molecule has 4 nitrogen and oxygen atoms in total. The van der Waals surface area contributed by atoms with Gasteiger partial charge in [-0.15, -0.1) is 0 Å². The van der Waals surface area contributed by atoms with Gasteiger partial charge < -0.3 is 15.5 Å². The third-order valence-corrected chi connectivity index (χ3v) is 4.76. The molecular formula is C19H31FN4. The number of nitrogens with one attached hydrogen (secondary N) is 2. The van der Waals surface area contributed by atoms with Crippen molar-refractivity contribution in [3.05, 3.63) is 35.1 Å². The molecule has 1 fully saturated rings. The summed E-state index contributed by atoms with van der Waals surface area (Å²) in [5.41, 5.74) is 1.60. The molecule has 1 aromatic carbocycles. The molecule has 0 aromatic heterocycles. The number of aryl methyl sites for hydroxylation is 1. The van der Waals surface area contributed by atoms with Crippen LogP contribution in [0.4, 0.5) is 4.39 Å². The third-order valence-electron chi connectivity index (χ3n) is 4.76. The van der Waals surface area contributed by atoms with Crippen molar-refractivity contribution in [1.29, 1.82) is 0 Å². The van der Waals surface area contributed by atoms with E-state index in [1.165, 1.54) is 19.4 Å². The Labute approximate surface area is 145 Å². The number of benzene rings is 1. The molecule has 2 rings (SSSR count). The van der Waals surface area contributed by atoms with Crippen molar-refractivity contribution in [3.8, 4) is 0 Å². The fourth-order valence-corrected chi connectivity index (χ4v) is 3.13. The van der Waals surface area contributed by atoms with Gasteiger partial charge in [-0.2, -0.15) is 0 Å². The average Bonchev–Trinajstić information content (AvgIpc) is 2.58. The van der Waals surface area contributed by atoms with Gasteiger partial charge in [0.2, 0.25) is 0 Å². The Morgan fingerprint density at radius 1 is 1.38 bits per heavy atom. The third kappa shape index (κ3) is 5.48. The molecule has 0 spiro atoms. The highest BCUT2D eigenvalue weighted by atomic mass is 19.1. The number of likely N-dealkylation sites (tertiary alicyclic amines) is 1. The Bertz CT molecular complexity index is 556. The Kier molecular flexibility index (Phi) is 7.03. The Hall–Kier alpha value is -1.62. The lowest BCUT2D eigenvalue weighted by atomic mass is 9.97. The van der Waals surface area contributed by atoms with Crippen LogP contribution in [0.2, 0.25) is 0 Å². The Morgan fingerprint density at radius 3 is 2.83 bits per heavy atom. The van der Waals surface area contributed by atoms with Gasteiger partial charge >= 0.3 is 0 Å². The van der Waals surface area contributed by atoms with Crippen molar-refractivity contribution >= 4 is 5.96 Å². The van der Waals surface area contributed by atoms with Crippen LogP contribution in [-0.4, -0.2) is 43.6 Å². The summed E-state index contributed by atoms with van der Waals surface area (Å²) in [5.74, 6) is 1.27. The van der Waals surface area contributed by atoms with Gasteiger partial charge in [0.15, 0.2) is 5.96 Å². The highest BCUT2D eigenvalue weighted by Crippen LogP contribution is 2.17. The van der Waals surface area contributed by atoms with Gasteiger partial charge in [-0.1, -0.05) is 12.1 Å². The van der Waals surface area contributed by atoms with Crippen LogP contribution in [0.25, 0.3) is 0 Å². The van der Waals surface area contributed by atoms with E-state index in [2.05, 4.69) is 34.4 Å². The van der Waals surface area contributed by atoms with Crippen molar-refractivity contribution in [1.82, 2.24) is 15.5 Å². The van der Waals surface area contributed by atoms with Gasteiger partial charge in [-0.25, -0.2) is 4.39 Å². The minimum atomic E-state index is -0.159. The molecular weight excluding hydrogens is 303 g/mol. The number of hydrogen-bond acceptors (Lipinski definition) is 2. The molecule has 0 radical (unpaired) electrons. The van der Waals surface area contributed by atoms with E-state index in [1.807, 2.05) is 12.1 Å². The largest absolute Gasteiger partial charge is 0.356 e. The Morgan fingerprint density at radius 2 is 2.17 bits per heavy atom. The summed E-state index contributed by atoms with van der Waals surface area (Å²) in [4.78, 5) is 6.81. The van der Waals surface area contributed by atoms with E-state index < -0.39 is 0 Å². The van der Waals surface area contributed by atoms with Crippen molar-refractivity contribution in [2.24, 2.45) is 10.9 Å². The summed E-state index contributed by atoms with van der Waals surface area (Å²) in [7, 11) is 1.77. The number of guanidine groups is 1. The quantitative estimate of drug-likeness (QED) is 0.642. The highest BCUT2D eigenvalue weighted by molar-refractivity contribution is 5.79. The molecule has 134 valence electrons. The topological polar surface area (TPSA) is 39.7 Å². The number of nitrogens with zero attached hydrogens (tertiary/aromatic N) is 2. The summed E-state index contributed by atoms with van der Waals surface area (Å²) < 4.78 is 13.6. The maximum atomic E-state index is 13.6. The van der Waals surface area contributed by atoms with Crippen molar-refractivity contribution in [2.75, 3.05) is 26.7 Å². The molecule has 1 heterocycles. The molecule has 1 aliphatic rings. The molecule has 0 amide bonds. The molecule has 1 aromatic rings. The molecule has 0 saturated carbocycles. The van der Waals surface area contributed by atoms with Crippen LogP contribution >= 0.6 is 0 Å². The SMILES string of the molecule is CN=C(NCc1ccc(C)c(F)c1)NCC1CCCN(C(C)C)C1. The second-order valence-corrected chi connectivity index (χ2v) is 6.99. The summed E-state index contributed by atoms with van der Waals surface area (Å²) in [6.45, 7) is 10.1. The Balaban J connectivity index is 1.79. The molecule has 1 atom stereocenters. The van der Waals surface area contributed by atoms with E-state index in [0.717, 1.165) is 24.6 Å². The first kappa shape index (κ1) is 18.7. The lowest BCUT2D eigenvalue weighted by Gasteiger charge is -2.35. The number of rotatable bonds is 5. The van der Waals surface area contributed by atoms with Gasteiger partial charge in [0.05, 0.1) is 0 Å². The minimum absolute atomic E-state index is 0.159. The van der Waals surface area contributed by atoms with E-state index >= 15 is 0 Å². The number of aliphatic imine (C=N–C) groups is 1. The van der Waals surface area contributed by atoms with Gasteiger partial charge in [-0.05, 0) is 63.3 Å². The van der Waals surface area contributed by atoms with Crippen LogP contribution in [0, 0.1) is 18.7 Å². The van der Waals surface area contributed by atoms with Gasteiger partial charge in [0.1, 0.15) is 5.82 Å². The van der Waals surface area contributed by atoms with E-state index in [-0.39, 0.29) is 5.82 Å². The van der Waals surface area contributed by atoms with Gasteiger partial charge in [0, 0.05) is 32.7 Å². The smallest absolute Gasteiger partial charge is 0.191 e. The molecule has 2 N–H and O–H groups in total. The summed E-state index contributed by atoms with van der Waals surface area (Å²) in [6, 6.07) is 5.95. The first-order valence-corrected chi connectivity index (χ1v) is 8.93. The minimum Gasteiger partial charge on any atom is -0.356 e. The normalized spacial score (nSPS) is 19.6. The van der Waals surface area contributed by atoms with E-state index in [4.69, 9.17) is 0 Å². The molecule has 1 unspecified atom stereocenters. The summed E-state index contributed by atoms with van der Waals surface area (Å²) >= 11 is 0. The zero-order valence-corrected chi connectivity index (χ0v) is 15.4. The van der Waals surface area contributed by atoms with Crippen LogP contribution in [-0.2, 0) is 6.54 Å². The lowest BCUT2D eigenvalue weighted by Crippen LogP contribution is -2.45. The van der Waals surface area contributed by atoms with Crippen LogP contribution in [0.15, 0.2) is 23.2 Å². The van der Waals surface area contributed by atoms with Gasteiger partial charge in [0.25, 0.3) is 0 Å². The number of piperidine rings is 1. The fraction of sp³-hybridized carbons (Fsp3) is 0.632. The van der Waals surface area contributed by atoms with Crippen molar-refractivity contribution < 1.29 is 4.39 Å². The molecule has 0 bridgehead atoms. The van der Waals surface area contributed by atoms with E-state index in [1.54, 1.807) is 20.0 Å². The van der Waals surface area contributed by atoms with E-state index in [9.17, 15) is 4.39 Å². The monoisotopic (exact) mass is 334 g/mol. The second kappa shape index (κ2) is 9.02. The maximum absolute atomic E-state index is 13.6. The second-order valence-electron chi connectivity index (χ2n) is 6.99. The maximum Gasteiger partial charge on any atom is 0.191 e. The van der Waals surface area contributed by atoms with Crippen LogP contribution in [0.3, 0.4) is 0 Å². The molecule has 1 aliphatic heterocycles. The van der Waals surface area contributed by atoms with Crippen LogP contribution in [0.1, 0.15) is 37.8 Å². The lowest BCUT2D eigenvalue weighted by molar-refractivity contribution is 0.141. The first-order valence-electron chi connectivity index (χ1n) is 8.93. The molecule has 5 heteroatoms. The zero-order valence-electron chi connectivity index (χ0n) is 15.4. The van der Waals surface area contributed by atoms with Crippen molar-refractivity contribution in [2.45, 2.75) is 46.2 Å². The predicted molar refractivity (Wildman–Crippen MR) is 98.8 cm³/mol. The zero-order chi connectivity index (χ0) is 17.5. The van der Waals surface area contributed by atoms with Crippen LogP contribution < -0.4 is 10.6 Å².